The molecule has 3 heterocycles. The lowest BCUT2D eigenvalue weighted by atomic mass is 10.0. The number of benzene rings is 3. The van der Waals surface area contributed by atoms with Crippen LogP contribution in [0.1, 0.15) is 28.6 Å². The van der Waals surface area contributed by atoms with E-state index in [4.69, 9.17) is 4.74 Å². The molecule has 1 aliphatic rings. The topological polar surface area (TPSA) is 92.2 Å². The van der Waals surface area contributed by atoms with E-state index in [-0.39, 0.29) is 11.6 Å². The van der Waals surface area contributed by atoms with Crippen LogP contribution in [-0.4, -0.2) is 63.4 Å². The Bertz CT molecular complexity index is 1640. The summed E-state index contributed by atoms with van der Waals surface area (Å²) in [5.74, 6) is 1.53. The number of piperazine rings is 1. The van der Waals surface area contributed by atoms with Crippen molar-refractivity contribution in [3.63, 3.8) is 0 Å². The van der Waals surface area contributed by atoms with Gasteiger partial charge in [-0.25, -0.2) is 4.68 Å². The molecule has 0 bridgehead atoms. The maximum atomic E-state index is 13.6. The monoisotopic (exact) mass is 535 g/mol. The van der Waals surface area contributed by atoms with Gasteiger partial charge in [0.25, 0.3) is 5.56 Å². The molecular weight excluding hydrogens is 502 g/mol. The molecule has 204 valence electrons. The van der Waals surface area contributed by atoms with Crippen molar-refractivity contribution in [3.8, 4) is 5.75 Å². The molecule has 40 heavy (non-hydrogen) atoms. The highest BCUT2D eigenvalue weighted by molar-refractivity contribution is 5.82. The van der Waals surface area contributed by atoms with Crippen LogP contribution in [-0.2, 0) is 13.0 Å². The minimum atomic E-state index is -0.377. The fraction of sp³-hybridized carbons (Fsp3) is 0.290. The predicted octanol–water partition coefficient (Wildman–Crippen LogP) is 3.99. The van der Waals surface area contributed by atoms with Gasteiger partial charge < -0.3 is 14.6 Å². The maximum absolute atomic E-state index is 13.6. The summed E-state index contributed by atoms with van der Waals surface area (Å²) in [4.78, 5) is 21.5. The van der Waals surface area contributed by atoms with Gasteiger partial charge in [0.05, 0.1) is 12.6 Å². The number of para-hydroxylation sites is 1. The van der Waals surface area contributed by atoms with E-state index in [0.717, 1.165) is 60.5 Å². The number of anilines is 1. The molecule has 0 unspecified atom stereocenters. The lowest BCUT2D eigenvalue weighted by Crippen LogP contribution is -2.49. The quantitative estimate of drug-likeness (QED) is 0.321. The highest BCUT2D eigenvalue weighted by atomic mass is 16.5. The highest BCUT2D eigenvalue weighted by Crippen LogP contribution is 2.30. The summed E-state index contributed by atoms with van der Waals surface area (Å²) in [6.45, 7) is 5.79. The molecule has 0 spiro atoms. The van der Waals surface area contributed by atoms with Crippen molar-refractivity contribution in [1.82, 2.24) is 30.1 Å². The molecule has 0 radical (unpaired) electrons. The zero-order chi connectivity index (χ0) is 27.5. The van der Waals surface area contributed by atoms with Crippen LogP contribution in [0.3, 0.4) is 0 Å². The summed E-state index contributed by atoms with van der Waals surface area (Å²) >= 11 is 0. The average molecular weight is 536 g/mol. The summed E-state index contributed by atoms with van der Waals surface area (Å²) in [7, 11) is 1.68. The van der Waals surface area contributed by atoms with E-state index in [1.807, 2.05) is 66.2 Å². The number of methoxy groups -OCH3 is 1. The second-order valence-corrected chi connectivity index (χ2v) is 10.2. The summed E-state index contributed by atoms with van der Waals surface area (Å²) in [5, 5.41) is 13.9. The van der Waals surface area contributed by atoms with E-state index in [0.29, 0.717) is 17.9 Å². The predicted molar refractivity (Wildman–Crippen MR) is 156 cm³/mol. The lowest BCUT2D eigenvalue weighted by molar-refractivity contribution is 0.199. The second kappa shape index (κ2) is 11.3. The minimum Gasteiger partial charge on any atom is -0.497 e. The number of tetrazole rings is 1. The maximum Gasteiger partial charge on any atom is 0.253 e. The largest absolute Gasteiger partial charge is 0.497 e. The number of pyridine rings is 1. The Balaban J connectivity index is 1.33. The van der Waals surface area contributed by atoms with Gasteiger partial charge in [-0.05, 0) is 70.6 Å². The molecular formula is C31H33N7O2. The van der Waals surface area contributed by atoms with Crippen LogP contribution >= 0.6 is 0 Å². The van der Waals surface area contributed by atoms with Crippen molar-refractivity contribution in [2.24, 2.45) is 0 Å². The fourth-order valence-corrected chi connectivity index (χ4v) is 5.58. The molecule has 1 aliphatic heterocycles. The third-order valence-electron chi connectivity index (χ3n) is 7.79. The molecule has 6 rings (SSSR count). The van der Waals surface area contributed by atoms with Gasteiger partial charge in [0.1, 0.15) is 11.8 Å². The summed E-state index contributed by atoms with van der Waals surface area (Å²) in [5.41, 5.74) is 4.83. The van der Waals surface area contributed by atoms with Gasteiger partial charge in [0.2, 0.25) is 0 Å². The zero-order valence-corrected chi connectivity index (χ0v) is 22.8. The van der Waals surface area contributed by atoms with E-state index in [2.05, 4.69) is 54.6 Å². The van der Waals surface area contributed by atoms with Crippen molar-refractivity contribution in [2.45, 2.75) is 25.9 Å². The number of fused-ring (bicyclic) bond motifs is 1. The molecule has 3 aromatic carbocycles. The van der Waals surface area contributed by atoms with Crippen LogP contribution in [0.25, 0.3) is 10.9 Å². The minimum absolute atomic E-state index is 0.109. The molecule has 9 heteroatoms. The molecule has 5 aromatic rings. The first-order valence-electron chi connectivity index (χ1n) is 13.7. The highest BCUT2D eigenvalue weighted by Gasteiger charge is 2.32. The number of aromatic amines is 1. The van der Waals surface area contributed by atoms with Crippen molar-refractivity contribution < 1.29 is 4.74 Å². The third-order valence-corrected chi connectivity index (χ3v) is 7.79. The first kappa shape index (κ1) is 25.8. The average Bonchev–Trinajstić information content (AvgIpc) is 3.46. The molecule has 9 nitrogen and oxygen atoms in total. The van der Waals surface area contributed by atoms with Crippen LogP contribution in [0, 0.1) is 6.92 Å². The van der Waals surface area contributed by atoms with Gasteiger partial charge in [0, 0.05) is 44.0 Å². The van der Waals surface area contributed by atoms with Gasteiger partial charge in [-0.3, -0.25) is 9.69 Å². The normalized spacial score (nSPS) is 14.9. The van der Waals surface area contributed by atoms with Crippen LogP contribution in [0.4, 0.5) is 5.69 Å². The van der Waals surface area contributed by atoms with E-state index >= 15 is 0 Å². The van der Waals surface area contributed by atoms with Crippen molar-refractivity contribution in [2.75, 3.05) is 38.2 Å². The van der Waals surface area contributed by atoms with Gasteiger partial charge in [-0.2, -0.15) is 0 Å². The standard InChI is InChI=1S/C31H33N7O2/c1-22-7-6-10-24-21-27(31(39)32-28(22)24)29(30-33-34-35-38(30)16-15-23-8-4-3-5-9-23)37-19-17-36(18-20-37)25-11-13-26(40-2)14-12-25/h3-14,21,29H,15-20H2,1-2H3,(H,32,39)/t29-/m1/s1. The SMILES string of the molecule is COc1ccc(N2CCN([C@H](c3cc4cccc(C)c4[nH]c3=O)c3nnnn3CCc3ccccc3)CC2)cc1. The first-order valence-corrected chi connectivity index (χ1v) is 13.7. The Morgan fingerprint density at radius 3 is 2.48 bits per heavy atom. The van der Waals surface area contributed by atoms with Gasteiger partial charge in [-0.1, -0.05) is 48.5 Å². The fourth-order valence-electron chi connectivity index (χ4n) is 5.58. The van der Waals surface area contributed by atoms with Gasteiger partial charge >= 0.3 is 0 Å². The molecule has 1 N–H and O–H groups in total. The Kier molecular flexibility index (Phi) is 7.29. The number of aryl methyl sites for hydroxylation is 3. The number of rotatable bonds is 8. The number of aromatic nitrogens is 5. The van der Waals surface area contributed by atoms with Crippen molar-refractivity contribution in [1.29, 1.82) is 0 Å². The van der Waals surface area contributed by atoms with Crippen LogP contribution in [0.15, 0.2) is 83.7 Å². The smallest absolute Gasteiger partial charge is 0.253 e. The second-order valence-electron chi connectivity index (χ2n) is 10.2. The van der Waals surface area contributed by atoms with Crippen LogP contribution in [0.5, 0.6) is 5.75 Å². The van der Waals surface area contributed by atoms with Crippen LogP contribution in [0.2, 0.25) is 0 Å². The van der Waals surface area contributed by atoms with Crippen molar-refractivity contribution >= 4 is 16.6 Å². The van der Waals surface area contributed by atoms with E-state index < -0.39 is 0 Å². The Morgan fingerprint density at radius 2 is 1.73 bits per heavy atom. The molecule has 1 saturated heterocycles. The van der Waals surface area contributed by atoms with Gasteiger partial charge in [-0.15, -0.1) is 5.10 Å². The summed E-state index contributed by atoms with van der Waals surface area (Å²) in [6.07, 6.45) is 0.796. The van der Waals surface area contributed by atoms with Crippen LogP contribution < -0.4 is 15.2 Å². The first-order chi connectivity index (χ1) is 19.6. The number of H-pyrrole nitrogens is 1. The van der Waals surface area contributed by atoms with E-state index in [1.54, 1.807) is 7.11 Å². The lowest BCUT2D eigenvalue weighted by Gasteiger charge is -2.39. The Hall–Kier alpha value is -4.50. The molecule has 1 atom stereocenters. The molecule has 1 fully saturated rings. The third kappa shape index (κ3) is 5.20. The number of nitrogens with zero attached hydrogens (tertiary/aromatic N) is 6. The number of nitrogens with one attached hydrogen (secondary N) is 1. The Morgan fingerprint density at radius 1 is 0.950 bits per heavy atom. The summed E-state index contributed by atoms with van der Waals surface area (Å²) < 4.78 is 7.18. The Labute approximate surface area is 233 Å². The molecule has 0 saturated carbocycles. The van der Waals surface area contributed by atoms with E-state index in [1.165, 1.54) is 5.56 Å². The molecule has 0 amide bonds. The van der Waals surface area contributed by atoms with Gasteiger partial charge in [0.15, 0.2) is 5.82 Å². The number of hydrogen-bond acceptors (Lipinski definition) is 7. The summed E-state index contributed by atoms with van der Waals surface area (Å²) in [6, 6.07) is 26.2. The number of ether oxygens (including phenoxy) is 1. The van der Waals surface area contributed by atoms with E-state index in [9.17, 15) is 4.79 Å². The molecule has 0 aliphatic carbocycles. The number of hydrogen-bond donors (Lipinski definition) is 1. The molecule has 2 aromatic heterocycles. The van der Waals surface area contributed by atoms with Crippen molar-refractivity contribution in [3.05, 3.63) is 112 Å². The zero-order valence-electron chi connectivity index (χ0n) is 22.8.